The number of hydrogen-bond donors (Lipinski definition) is 1. The lowest BCUT2D eigenvalue weighted by Gasteiger charge is -2.58. The summed E-state index contributed by atoms with van der Waals surface area (Å²) in [6, 6.07) is 0. The maximum atomic E-state index is 12.7. The van der Waals surface area contributed by atoms with Gasteiger partial charge in [-0.1, -0.05) is 65.5 Å². The molecule has 4 aliphatic rings. The lowest BCUT2D eigenvalue weighted by atomic mass is 9.47. The number of esters is 1. The molecular weight excluding hydrogens is 458 g/mol. The molecule has 0 unspecified atom stereocenters. The molecule has 0 saturated heterocycles. The molecule has 3 fully saturated rings. The highest BCUT2D eigenvalue weighted by Crippen LogP contribution is 2.67. The first kappa shape index (κ1) is 29.1. The van der Waals surface area contributed by atoms with Crippen LogP contribution in [0.5, 0.6) is 0 Å². The number of fused-ring (bicyclic) bond motifs is 5. The van der Waals surface area contributed by atoms with Crippen LogP contribution in [0, 0.1) is 46.3 Å². The number of ether oxygens (including phenoxy) is 1. The number of likely N-dealkylation sites (N-methyl/N-ethyl adjacent to an activating group) is 1. The van der Waals surface area contributed by atoms with Crippen molar-refractivity contribution in [2.75, 3.05) is 33.8 Å². The normalized spacial score (nSPS) is 38.4. The van der Waals surface area contributed by atoms with Crippen molar-refractivity contribution in [1.82, 2.24) is 0 Å². The molecule has 0 spiro atoms. The summed E-state index contributed by atoms with van der Waals surface area (Å²) in [5.74, 6) is 5.02. The Morgan fingerprint density at radius 3 is 2.54 bits per heavy atom. The molecule has 37 heavy (non-hydrogen) atoms. The Hall–Kier alpha value is -0.870. The summed E-state index contributed by atoms with van der Waals surface area (Å²) in [5.41, 5.74) is 2.41. The zero-order valence-electron chi connectivity index (χ0n) is 25.2. The zero-order chi connectivity index (χ0) is 27.0. The quantitative estimate of drug-likeness (QED) is 0.193. The number of hydrogen-bond acceptors (Lipinski definition) is 3. The van der Waals surface area contributed by atoms with Crippen LogP contribution in [0.1, 0.15) is 105 Å². The summed E-state index contributed by atoms with van der Waals surface area (Å²) in [5, 5.41) is 9.28. The number of rotatable bonds is 10. The maximum Gasteiger partial charge on any atom is 0.362 e. The van der Waals surface area contributed by atoms with Gasteiger partial charge in [0.25, 0.3) is 0 Å². The number of aliphatic hydroxyl groups is 1. The van der Waals surface area contributed by atoms with E-state index in [1.165, 1.54) is 51.4 Å². The molecule has 3 saturated carbocycles. The van der Waals surface area contributed by atoms with Gasteiger partial charge in [-0.15, -0.1) is 0 Å². The van der Waals surface area contributed by atoms with Crippen LogP contribution < -0.4 is 0 Å². The van der Waals surface area contributed by atoms with Gasteiger partial charge in [0, 0.05) is 6.42 Å². The van der Waals surface area contributed by atoms with Crippen molar-refractivity contribution in [1.29, 1.82) is 0 Å². The Kier molecular flexibility index (Phi) is 8.91. The van der Waals surface area contributed by atoms with Crippen LogP contribution in [-0.4, -0.2) is 55.5 Å². The third kappa shape index (κ3) is 6.01. The monoisotopic (exact) mass is 516 g/mol. The zero-order valence-corrected chi connectivity index (χ0v) is 25.2. The number of carbonyl (C=O) groups is 1. The van der Waals surface area contributed by atoms with Gasteiger partial charge in [0.2, 0.25) is 0 Å². The largest absolute Gasteiger partial charge is 0.458 e. The first-order chi connectivity index (χ1) is 17.4. The minimum atomic E-state index is -0.116. The third-order valence-electron chi connectivity index (χ3n) is 11.8. The van der Waals surface area contributed by atoms with Gasteiger partial charge in [-0.05, 0) is 91.3 Å². The molecule has 1 N–H and O–H groups in total. The van der Waals surface area contributed by atoms with Crippen LogP contribution in [0.15, 0.2) is 11.6 Å². The number of nitrogens with zero attached hydrogens (tertiary/aromatic N) is 1. The van der Waals surface area contributed by atoms with Crippen LogP contribution in [0.3, 0.4) is 0 Å². The summed E-state index contributed by atoms with van der Waals surface area (Å²) in [6.07, 6.45) is 16.8. The van der Waals surface area contributed by atoms with Gasteiger partial charge in [-0.3, -0.25) is 0 Å². The standard InChI is InChI=1S/C33H58NO3/c1-23(2)9-8-10-24(3)28-13-14-29-27-12-11-25-21-26(37-31(36)22-34(6,7)19-20-35)15-17-32(25,4)30(27)16-18-33(28,29)5/h11,23-24,26-30,35H,8-10,12-22H2,1-7H3/q+1/t24-,26+,27+,28-,29+,30+,32+,33-/m1/s1. The molecule has 4 rings (SSSR count). The summed E-state index contributed by atoms with van der Waals surface area (Å²) in [7, 11) is 3.96. The highest BCUT2D eigenvalue weighted by atomic mass is 16.5. The first-order valence-electron chi connectivity index (χ1n) is 15.7. The Balaban J connectivity index is 1.39. The SMILES string of the molecule is CC(C)CCC[C@@H](C)[C@H]1CC[C@H]2[C@@H]3CC=C4C[C@@H](OC(=O)C[N+](C)(C)CCO)CC[C@]4(C)[C@H]3CC[C@]12C. The van der Waals surface area contributed by atoms with Crippen LogP contribution in [0.2, 0.25) is 0 Å². The molecule has 8 atom stereocenters. The lowest BCUT2D eigenvalue weighted by Crippen LogP contribution is -2.51. The van der Waals surface area contributed by atoms with Gasteiger partial charge in [-0.25, -0.2) is 4.79 Å². The Morgan fingerprint density at radius 2 is 1.84 bits per heavy atom. The second-order valence-corrected chi connectivity index (χ2v) is 15.2. The molecule has 0 bridgehead atoms. The molecule has 212 valence electrons. The average molecular weight is 517 g/mol. The average Bonchev–Trinajstić information content (AvgIpc) is 3.16. The summed E-state index contributed by atoms with van der Waals surface area (Å²) in [6.45, 7) is 13.5. The van der Waals surface area contributed by atoms with Crippen LogP contribution >= 0.6 is 0 Å². The van der Waals surface area contributed by atoms with Crippen molar-refractivity contribution in [3.8, 4) is 0 Å². The smallest absolute Gasteiger partial charge is 0.362 e. The third-order valence-corrected chi connectivity index (χ3v) is 11.8. The van der Waals surface area contributed by atoms with Crippen molar-refractivity contribution >= 4 is 5.97 Å². The van der Waals surface area contributed by atoms with E-state index in [1.54, 1.807) is 5.57 Å². The van der Waals surface area contributed by atoms with E-state index in [0.29, 0.717) is 28.4 Å². The number of quaternary nitrogens is 1. The van der Waals surface area contributed by atoms with E-state index in [-0.39, 0.29) is 18.7 Å². The van der Waals surface area contributed by atoms with E-state index in [0.717, 1.165) is 54.8 Å². The molecule has 0 aliphatic heterocycles. The molecule has 0 radical (unpaired) electrons. The van der Waals surface area contributed by atoms with Gasteiger partial charge in [0.1, 0.15) is 12.6 Å². The molecule has 0 amide bonds. The van der Waals surface area contributed by atoms with Crippen molar-refractivity contribution in [3.63, 3.8) is 0 Å². The van der Waals surface area contributed by atoms with Gasteiger partial charge in [-0.2, -0.15) is 0 Å². The van der Waals surface area contributed by atoms with E-state index in [9.17, 15) is 9.90 Å². The van der Waals surface area contributed by atoms with Crippen molar-refractivity contribution in [2.45, 2.75) is 111 Å². The van der Waals surface area contributed by atoms with Crippen molar-refractivity contribution in [2.24, 2.45) is 46.3 Å². The van der Waals surface area contributed by atoms with Crippen LogP contribution in [0.25, 0.3) is 0 Å². The minimum absolute atomic E-state index is 0.0221. The molecule has 0 heterocycles. The lowest BCUT2D eigenvalue weighted by molar-refractivity contribution is -0.883. The van der Waals surface area contributed by atoms with E-state index in [4.69, 9.17) is 4.74 Å². The molecular formula is C33H58NO3+. The second-order valence-electron chi connectivity index (χ2n) is 15.2. The highest BCUT2D eigenvalue weighted by Gasteiger charge is 2.59. The van der Waals surface area contributed by atoms with Crippen LogP contribution in [-0.2, 0) is 9.53 Å². The topological polar surface area (TPSA) is 46.5 Å². The Bertz CT molecular complexity index is 833. The van der Waals surface area contributed by atoms with Crippen LogP contribution in [0.4, 0.5) is 0 Å². The first-order valence-corrected chi connectivity index (χ1v) is 15.7. The summed E-state index contributed by atoms with van der Waals surface area (Å²) < 4.78 is 6.48. The summed E-state index contributed by atoms with van der Waals surface area (Å²) >= 11 is 0. The molecule has 4 nitrogen and oxygen atoms in total. The summed E-state index contributed by atoms with van der Waals surface area (Å²) in [4.78, 5) is 12.7. The van der Waals surface area contributed by atoms with Crippen molar-refractivity contribution in [3.05, 3.63) is 11.6 Å². The van der Waals surface area contributed by atoms with Gasteiger partial charge >= 0.3 is 5.97 Å². The van der Waals surface area contributed by atoms with Gasteiger partial charge < -0.3 is 14.3 Å². The molecule has 4 aliphatic carbocycles. The van der Waals surface area contributed by atoms with E-state index >= 15 is 0 Å². The fourth-order valence-electron chi connectivity index (χ4n) is 9.68. The van der Waals surface area contributed by atoms with Gasteiger partial charge in [0.15, 0.2) is 6.54 Å². The highest BCUT2D eigenvalue weighted by molar-refractivity contribution is 5.70. The molecule has 4 heteroatoms. The fraction of sp³-hybridized carbons (Fsp3) is 0.909. The maximum absolute atomic E-state index is 12.7. The molecule has 0 aromatic heterocycles. The predicted octanol–water partition coefficient (Wildman–Crippen LogP) is 7.01. The Morgan fingerprint density at radius 1 is 1.08 bits per heavy atom. The second kappa shape index (κ2) is 11.3. The molecule has 0 aromatic rings. The van der Waals surface area contributed by atoms with Crippen molar-refractivity contribution < 1.29 is 19.1 Å². The molecule has 0 aromatic carbocycles. The minimum Gasteiger partial charge on any atom is -0.458 e. The van der Waals surface area contributed by atoms with E-state index in [1.807, 2.05) is 14.1 Å². The number of carbonyl (C=O) groups excluding carboxylic acids is 1. The fourth-order valence-corrected chi connectivity index (χ4v) is 9.68. The van der Waals surface area contributed by atoms with Gasteiger partial charge in [0.05, 0.1) is 20.7 Å². The number of allylic oxidation sites excluding steroid dienone is 1. The van der Waals surface area contributed by atoms with E-state index in [2.05, 4.69) is 40.7 Å². The number of aliphatic hydroxyl groups excluding tert-OH is 1. The predicted molar refractivity (Wildman–Crippen MR) is 152 cm³/mol. The van der Waals surface area contributed by atoms with E-state index < -0.39 is 0 Å². The Labute approximate surface area is 228 Å².